The lowest BCUT2D eigenvalue weighted by Crippen LogP contribution is -2.26. The number of anilines is 3. The van der Waals surface area contributed by atoms with Crippen molar-refractivity contribution < 1.29 is 4.79 Å². The number of benzene rings is 4. The Kier molecular flexibility index (Phi) is 4.35. The predicted octanol–water partition coefficient (Wildman–Crippen LogP) is 5.71. The molecule has 0 atom stereocenters. The maximum atomic E-state index is 13.4. The van der Waals surface area contributed by atoms with E-state index < -0.39 is 0 Å². The zero-order valence-electron chi connectivity index (χ0n) is 15.1. The van der Waals surface area contributed by atoms with E-state index in [-0.39, 0.29) is 5.91 Å². The van der Waals surface area contributed by atoms with Crippen molar-refractivity contribution in [2.24, 2.45) is 0 Å². The Morgan fingerprint density at radius 2 is 1.44 bits per heavy atom. The molecule has 0 saturated carbocycles. The predicted molar refractivity (Wildman–Crippen MR) is 112 cm³/mol. The van der Waals surface area contributed by atoms with Gasteiger partial charge < -0.3 is 5.73 Å². The Balaban J connectivity index is 1.86. The molecule has 0 aliphatic carbocycles. The first-order chi connectivity index (χ1) is 13.1. The van der Waals surface area contributed by atoms with Gasteiger partial charge in [0.25, 0.3) is 5.91 Å². The molecule has 0 aromatic heterocycles. The topological polar surface area (TPSA) is 46.3 Å². The van der Waals surface area contributed by atoms with E-state index in [1.807, 2.05) is 61.5 Å². The summed E-state index contributed by atoms with van der Waals surface area (Å²) in [4.78, 5) is 15.1. The van der Waals surface area contributed by atoms with Crippen LogP contribution in [0, 0.1) is 6.92 Å². The van der Waals surface area contributed by atoms with Crippen LogP contribution in [0.1, 0.15) is 15.9 Å². The van der Waals surface area contributed by atoms with E-state index in [1.54, 1.807) is 29.2 Å². The Labute approximate surface area is 158 Å². The molecule has 0 bridgehead atoms. The summed E-state index contributed by atoms with van der Waals surface area (Å²) in [7, 11) is 0. The summed E-state index contributed by atoms with van der Waals surface area (Å²) >= 11 is 0. The molecule has 0 radical (unpaired) electrons. The molecule has 0 aliphatic heterocycles. The van der Waals surface area contributed by atoms with Crippen LogP contribution in [0.5, 0.6) is 0 Å². The SMILES string of the molecule is Cc1ccc(N(C(=O)c2cccc(N)c2)c2ccc3ccccc3c2)cc1. The molecule has 27 heavy (non-hydrogen) atoms. The fourth-order valence-electron chi connectivity index (χ4n) is 3.19. The van der Waals surface area contributed by atoms with Crippen LogP contribution in [-0.4, -0.2) is 5.91 Å². The number of fused-ring (bicyclic) bond motifs is 1. The van der Waals surface area contributed by atoms with Gasteiger partial charge in [0.05, 0.1) is 0 Å². The summed E-state index contributed by atoms with van der Waals surface area (Å²) < 4.78 is 0. The van der Waals surface area contributed by atoms with Crippen LogP contribution in [0.25, 0.3) is 10.8 Å². The third kappa shape index (κ3) is 3.40. The van der Waals surface area contributed by atoms with Gasteiger partial charge in [0.2, 0.25) is 0 Å². The average Bonchev–Trinajstić information content (AvgIpc) is 2.69. The van der Waals surface area contributed by atoms with E-state index in [2.05, 4.69) is 12.1 Å². The molecule has 4 rings (SSSR count). The maximum absolute atomic E-state index is 13.4. The van der Waals surface area contributed by atoms with Gasteiger partial charge >= 0.3 is 0 Å². The number of hydrogen-bond acceptors (Lipinski definition) is 2. The van der Waals surface area contributed by atoms with Crippen molar-refractivity contribution >= 4 is 33.7 Å². The number of nitrogens with two attached hydrogens (primary N) is 1. The lowest BCUT2D eigenvalue weighted by molar-refractivity contribution is 0.0999. The molecule has 132 valence electrons. The quantitative estimate of drug-likeness (QED) is 0.480. The van der Waals surface area contributed by atoms with E-state index in [4.69, 9.17) is 5.73 Å². The summed E-state index contributed by atoms with van der Waals surface area (Å²) in [5.74, 6) is -0.110. The largest absolute Gasteiger partial charge is 0.399 e. The third-order valence-corrected chi connectivity index (χ3v) is 4.62. The smallest absolute Gasteiger partial charge is 0.262 e. The van der Waals surface area contributed by atoms with E-state index in [1.165, 1.54) is 0 Å². The van der Waals surface area contributed by atoms with Crippen LogP contribution in [0.15, 0.2) is 91.0 Å². The second-order valence-corrected chi connectivity index (χ2v) is 6.63. The van der Waals surface area contributed by atoms with Crippen LogP contribution in [0.4, 0.5) is 17.1 Å². The molecule has 0 unspecified atom stereocenters. The molecule has 3 heteroatoms. The van der Waals surface area contributed by atoms with Gasteiger partial charge in [0, 0.05) is 22.6 Å². The molecule has 0 heterocycles. The highest BCUT2D eigenvalue weighted by molar-refractivity contribution is 6.12. The van der Waals surface area contributed by atoms with Crippen molar-refractivity contribution in [3.63, 3.8) is 0 Å². The molecule has 0 fully saturated rings. The van der Waals surface area contributed by atoms with Gasteiger partial charge in [-0.1, -0.05) is 54.1 Å². The van der Waals surface area contributed by atoms with Gasteiger partial charge in [0.15, 0.2) is 0 Å². The first kappa shape index (κ1) is 16.9. The van der Waals surface area contributed by atoms with Gasteiger partial charge in [-0.05, 0) is 60.2 Å². The van der Waals surface area contributed by atoms with Crippen LogP contribution in [0.3, 0.4) is 0 Å². The molecule has 2 N–H and O–H groups in total. The lowest BCUT2D eigenvalue weighted by atomic mass is 10.1. The van der Waals surface area contributed by atoms with Crippen LogP contribution in [0.2, 0.25) is 0 Å². The zero-order chi connectivity index (χ0) is 18.8. The van der Waals surface area contributed by atoms with Gasteiger partial charge in [-0.2, -0.15) is 0 Å². The lowest BCUT2D eigenvalue weighted by Gasteiger charge is -2.24. The number of nitrogens with zero attached hydrogens (tertiary/aromatic N) is 1. The fraction of sp³-hybridized carbons (Fsp3) is 0.0417. The van der Waals surface area contributed by atoms with E-state index >= 15 is 0 Å². The molecule has 0 spiro atoms. The van der Waals surface area contributed by atoms with E-state index in [0.29, 0.717) is 11.3 Å². The van der Waals surface area contributed by atoms with Gasteiger partial charge in [-0.3, -0.25) is 9.69 Å². The summed E-state index contributed by atoms with van der Waals surface area (Å²) in [5.41, 5.74) is 9.82. The molecule has 0 saturated heterocycles. The normalized spacial score (nSPS) is 10.7. The highest BCUT2D eigenvalue weighted by atomic mass is 16.2. The van der Waals surface area contributed by atoms with Crippen molar-refractivity contribution in [1.29, 1.82) is 0 Å². The van der Waals surface area contributed by atoms with Crippen molar-refractivity contribution in [3.8, 4) is 0 Å². The van der Waals surface area contributed by atoms with Crippen LogP contribution < -0.4 is 10.6 Å². The number of nitrogen functional groups attached to an aromatic ring is 1. The Morgan fingerprint density at radius 1 is 0.741 bits per heavy atom. The zero-order valence-corrected chi connectivity index (χ0v) is 15.1. The minimum Gasteiger partial charge on any atom is -0.399 e. The number of carbonyl (C=O) groups is 1. The molecule has 0 aliphatic rings. The van der Waals surface area contributed by atoms with Crippen molar-refractivity contribution in [3.05, 3.63) is 102 Å². The summed E-state index contributed by atoms with van der Waals surface area (Å²) in [6.07, 6.45) is 0. The highest BCUT2D eigenvalue weighted by Gasteiger charge is 2.20. The Bertz CT molecular complexity index is 1120. The van der Waals surface area contributed by atoms with Crippen molar-refractivity contribution in [2.75, 3.05) is 10.6 Å². The summed E-state index contributed by atoms with van der Waals surface area (Å²) in [6.45, 7) is 2.03. The van der Waals surface area contributed by atoms with Gasteiger partial charge in [-0.15, -0.1) is 0 Å². The first-order valence-corrected chi connectivity index (χ1v) is 8.87. The van der Waals surface area contributed by atoms with Gasteiger partial charge in [0.1, 0.15) is 0 Å². The Hall–Kier alpha value is -3.59. The minimum absolute atomic E-state index is 0.110. The number of hydrogen-bond donors (Lipinski definition) is 1. The monoisotopic (exact) mass is 352 g/mol. The first-order valence-electron chi connectivity index (χ1n) is 8.87. The van der Waals surface area contributed by atoms with Crippen molar-refractivity contribution in [1.82, 2.24) is 0 Å². The number of carbonyl (C=O) groups excluding carboxylic acids is 1. The second kappa shape index (κ2) is 6.96. The average molecular weight is 352 g/mol. The van der Waals surface area contributed by atoms with Crippen LogP contribution >= 0.6 is 0 Å². The maximum Gasteiger partial charge on any atom is 0.262 e. The number of amides is 1. The standard InChI is InChI=1S/C24H20N2O/c1-17-9-12-22(13-10-17)26(24(27)20-7-4-8-21(25)15-20)23-14-11-18-5-2-3-6-19(18)16-23/h2-16H,25H2,1H3. The molecule has 4 aromatic carbocycles. The molecule has 3 nitrogen and oxygen atoms in total. The van der Waals surface area contributed by atoms with E-state index in [0.717, 1.165) is 27.7 Å². The second-order valence-electron chi connectivity index (χ2n) is 6.63. The van der Waals surface area contributed by atoms with Crippen LogP contribution in [-0.2, 0) is 0 Å². The number of rotatable bonds is 3. The number of aryl methyl sites for hydroxylation is 1. The van der Waals surface area contributed by atoms with Crippen molar-refractivity contribution in [2.45, 2.75) is 6.92 Å². The molecule has 1 amide bonds. The molecular weight excluding hydrogens is 332 g/mol. The Morgan fingerprint density at radius 3 is 2.19 bits per heavy atom. The van der Waals surface area contributed by atoms with E-state index in [9.17, 15) is 4.79 Å². The highest BCUT2D eigenvalue weighted by Crippen LogP contribution is 2.31. The summed E-state index contributed by atoms with van der Waals surface area (Å²) in [6, 6.07) is 29.2. The third-order valence-electron chi connectivity index (χ3n) is 4.62. The summed E-state index contributed by atoms with van der Waals surface area (Å²) in [5, 5.41) is 2.23. The fourth-order valence-corrected chi connectivity index (χ4v) is 3.19. The molecule has 4 aromatic rings. The molecular formula is C24H20N2O. The van der Waals surface area contributed by atoms with Gasteiger partial charge in [-0.25, -0.2) is 0 Å². The minimum atomic E-state index is -0.110.